The Kier molecular flexibility index (Phi) is 5.77. The molecule has 12 heteroatoms. The number of nitrogens with two attached hydrogens (primary N) is 1. The molecule has 2 aromatic rings. The van der Waals surface area contributed by atoms with Crippen LogP contribution >= 0.6 is 46.0 Å². The Balaban J connectivity index is 1.65. The molecule has 4 rings (SSSR count). The van der Waals surface area contributed by atoms with Gasteiger partial charge in [0.05, 0.1) is 23.7 Å². The molecule has 0 radical (unpaired) electrons. The summed E-state index contributed by atoms with van der Waals surface area (Å²) in [5.41, 5.74) is 5.31. The number of hydrogen-bond donors (Lipinski definition) is 3. The van der Waals surface area contributed by atoms with Crippen molar-refractivity contribution in [2.24, 2.45) is 30.5 Å². The van der Waals surface area contributed by atoms with Crippen molar-refractivity contribution in [2.45, 2.75) is 28.7 Å². The van der Waals surface area contributed by atoms with Crippen LogP contribution in [-0.2, 0) is 28.0 Å². The Morgan fingerprint density at radius 1 is 1.43 bits per heavy atom. The number of carbonyl (C=O) groups is 2. The van der Waals surface area contributed by atoms with E-state index in [1.54, 1.807) is 17.8 Å². The van der Waals surface area contributed by atoms with Gasteiger partial charge in [0.25, 0.3) is 0 Å². The average Bonchev–Trinajstić information content (AvgIpc) is 3.24. The highest BCUT2D eigenvalue weighted by atomic mass is 127. The molecular formula is C18H18ClIN4O5S. The molecule has 1 heterocycles. The van der Waals surface area contributed by atoms with Crippen LogP contribution in [-0.4, -0.2) is 53.8 Å². The minimum absolute atomic E-state index is 0.0978. The molecule has 1 aromatic heterocycles. The highest BCUT2D eigenvalue weighted by molar-refractivity contribution is 14.1. The maximum Gasteiger partial charge on any atom is 0.326 e. The van der Waals surface area contributed by atoms with Gasteiger partial charge in [-0.1, -0.05) is 29.4 Å². The maximum atomic E-state index is 12.2. The quantitative estimate of drug-likeness (QED) is 0.430. The number of carboxylic acid groups (broad SMARTS) is 2. The van der Waals surface area contributed by atoms with Crippen LogP contribution in [0.2, 0.25) is 5.02 Å². The summed E-state index contributed by atoms with van der Waals surface area (Å²) in [5, 5.41) is 24.2. The topological polar surface area (TPSA) is 141 Å². The fourth-order valence-electron chi connectivity index (χ4n) is 4.31. The number of aliphatic carboxylic acids is 2. The highest BCUT2D eigenvalue weighted by Crippen LogP contribution is 2.65. The summed E-state index contributed by atoms with van der Waals surface area (Å²) in [6.07, 6.45) is 0.465. The van der Waals surface area contributed by atoms with Crippen molar-refractivity contribution >= 4 is 57.9 Å². The number of thioether (sulfide) groups is 1. The van der Waals surface area contributed by atoms with Crippen molar-refractivity contribution in [2.75, 3.05) is 0 Å². The van der Waals surface area contributed by atoms with E-state index in [4.69, 9.17) is 22.1 Å². The summed E-state index contributed by atoms with van der Waals surface area (Å²) in [4.78, 5) is 28.1. The maximum absolute atomic E-state index is 12.2. The zero-order chi connectivity index (χ0) is 21.8. The second-order valence-electron chi connectivity index (χ2n) is 7.43. The van der Waals surface area contributed by atoms with Gasteiger partial charge in [0, 0.05) is 21.8 Å². The van der Waals surface area contributed by atoms with Crippen molar-refractivity contribution in [3.63, 3.8) is 0 Å². The van der Waals surface area contributed by atoms with Crippen LogP contribution in [0, 0.1) is 21.3 Å². The van der Waals surface area contributed by atoms with E-state index in [0.29, 0.717) is 10.2 Å². The second kappa shape index (κ2) is 7.93. The Morgan fingerprint density at radius 2 is 2.17 bits per heavy atom. The van der Waals surface area contributed by atoms with E-state index in [1.165, 1.54) is 18.1 Å². The first kappa shape index (κ1) is 21.8. The molecule has 2 fully saturated rings. The molecule has 9 nitrogen and oxygen atoms in total. The molecule has 2 saturated carbocycles. The van der Waals surface area contributed by atoms with E-state index in [0.717, 1.165) is 9.13 Å². The SMILES string of the molecule is Cn1ncnc1S[C@H]1[C@H]2[C@H](C(=O)O)[C@H]2[C@](N)(C(=O)O)[C@@H]1OCc1ccc(I)c(Cl)c1. The van der Waals surface area contributed by atoms with Crippen molar-refractivity contribution in [1.82, 2.24) is 14.8 Å². The first-order valence-electron chi connectivity index (χ1n) is 8.97. The van der Waals surface area contributed by atoms with Crippen molar-refractivity contribution in [3.8, 4) is 0 Å². The fraction of sp³-hybridized carbons (Fsp3) is 0.444. The predicted octanol–water partition coefficient (Wildman–Crippen LogP) is 1.86. The third kappa shape index (κ3) is 3.49. The number of ether oxygens (including phenoxy) is 1. The summed E-state index contributed by atoms with van der Waals surface area (Å²) < 4.78 is 8.49. The Bertz CT molecular complexity index is 1020. The Labute approximate surface area is 194 Å². The van der Waals surface area contributed by atoms with Gasteiger partial charge in [-0.2, -0.15) is 5.10 Å². The summed E-state index contributed by atoms with van der Waals surface area (Å²) in [5.74, 6) is -4.30. The minimum atomic E-state index is -1.82. The summed E-state index contributed by atoms with van der Waals surface area (Å²) in [7, 11) is 1.71. The number of fused-ring (bicyclic) bond motifs is 1. The lowest BCUT2D eigenvalue weighted by Crippen LogP contribution is -2.61. The zero-order valence-corrected chi connectivity index (χ0v) is 19.3. The number of halogens is 2. The van der Waals surface area contributed by atoms with Crippen molar-refractivity contribution in [3.05, 3.63) is 38.7 Å². The van der Waals surface area contributed by atoms with Crippen molar-refractivity contribution < 1.29 is 24.5 Å². The third-order valence-corrected chi connectivity index (χ3v) is 8.74. The van der Waals surface area contributed by atoms with Crippen LogP contribution in [0.25, 0.3) is 0 Å². The van der Waals surface area contributed by atoms with Gasteiger partial charge >= 0.3 is 11.9 Å². The molecule has 0 spiro atoms. The second-order valence-corrected chi connectivity index (χ2v) is 10.1. The van der Waals surface area contributed by atoms with Crippen LogP contribution in [0.15, 0.2) is 29.7 Å². The summed E-state index contributed by atoms with van der Waals surface area (Å²) in [6, 6.07) is 5.43. The molecular weight excluding hydrogens is 547 g/mol. The normalized spacial score (nSPS) is 32.1. The third-order valence-electron chi connectivity index (χ3n) is 5.76. The number of aromatic nitrogens is 3. The van der Waals surface area contributed by atoms with E-state index >= 15 is 0 Å². The van der Waals surface area contributed by atoms with Gasteiger partial charge in [0.15, 0.2) is 5.16 Å². The lowest BCUT2D eigenvalue weighted by atomic mass is 9.88. The standard InChI is InChI=1S/C18H18ClIN4O5S/c1-24-17(22-6-23-24)30-13-10-11(15(25)26)12(10)18(21,16(27)28)14(13)29-5-7-2-3-9(20)8(19)4-7/h2-4,6,10-14H,5,21H2,1H3,(H,25,26)(H,27,28)/t10-,11-,12-,13-,14+,18+/m0/s1. The number of hydrogen-bond acceptors (Lipinski definition) is 7. The van der Waals surface area contributed by atoms with E-state index in [9.17, 15) is 19.8 Å². The zero-order valence-electron chi connectivity index (χ0n) is 15.6. The molecule has 2 aliphatic rings. The van der Waals surface area contributed by atoms with E-state index in [1.807, 2.05) is 12.1 Å². The van der Waals surface area contributed by atoms with Gasteiger partial charge in [-0.05, 0) is 46.2 Å². The number of aryl methyl sites for hydroxylation is 1. The predicted molar refractivity (Wildman–Crippen MR) is 116 cm³/mol. The van der Waals surface area contributed by atoms with Gasteiger partial charge in [0.2, 0.25) is 0 Å². The number of carboxylic acids is 2. The van der Waals surface area contributed by atoms with Gasteiger partial charge in [-0.15, -0.1) is 0 Å². The molecule has 0 unspecified atom stereocenters. The molecule has 0 amide bonds. The van der Waals surface area contributed by atoms with Crippen LogP contribution in [0.3, 0.4) is 0 Å². The molecule has 4 N–H and O–H groups in total. The molecule has 1 aromatic carbocycles. The first-order chi connectivity index (χ1) is 14.2. The van der Waals surface area contributed by atoms with Gasteiger partial charge in [-0.3, -0.25) is 9.59 Å². The van der Waals surface area contributed by atoms with E-state index in [-0.39, 0.29) is 6.61 Å². The minimum Gasteiger partial charge on any atom is -0.481 e. The molecule has 30 heavy (non-hydrogen) atoms. The van der Waals surface area contributed by atoms with Crippen LogP contribution in [0.5, 0.6) is 0 Å². The monoisotopic (exact) mass is 564 g/mol. The summed E-state index contributed by atoms with van der Waals surface area (Å²) >= 11 is 9.54. The smallest absolute Gasteiger partial charge is 0.326 e. The Morgan fingerprint density at radius 3 is 2.73 bits per heavy atom. The Hall–Kier alpha value is -1.41. The lowest BCUT2D eigenvalue weighted by molar-refractivity contribution is -0.152. The van der Waals surface area contributed by atoms with Crippen LogP contribution < -0.4 is 5.73 Å². The van der Waals surface area contributed by atoms with Gasteiger partial charge in [-0.25, -0.2) is 9.67 Å². The molecule has 6 atom stereocenters. The largest absolute Gasteiger partial charge is 0.481 e. The molecule has 2 aliphatic carbocycles. The first-order valence-corrected chi connectivity index (χ1v) is 11.3. The number of nitrogens with zero attached hydrogens (tertiary/aromatic N) is 3. The van der Waals surface area contributed by atoms with Crippen LogP contribution in [0.1, 0.15) is 5.56 Å². The highest BCUT2D eigenvalue weighted by Gasteiger charge is 2.78. The molecule has 0 saturated heterocycles. The number of benzene rings is 1. The van der Waals surface area contributed by atoms with Gasteiger partial charge < -0.3 is 20.7 Å². The average molecular weight is 565 g/mol. The van der Waals surface area contributed by atoms with Crippen LogP contribution in [0.4, 0.5) is 0 Å². The molecule has 0 bridgehead atoms. The lowest BCUT2D eigenvalue weighted by Gasteiger charge is -2.34. The van der Waals surface area contributed by atoms with Gasteiger partial charge in [0.1, 0.15) is 11.9 Å². The molecule has 0 aliphatic heterocycles. The molecule has 160 valence electrons. The summed E-state index contributed by atoms with van der Waals surface area (Å²) in [6.45, 7) is 0.0978. The van der Waals surface area contributed by atoms with Crippen molar-refractivity contribution in [1.29, 1.82) is 0 Å². The van der Waals surface area contributed by atoms with E-state index < -0.39 is 46.6 Å². The fourth-order valence-corrected chi connectivity index (χ4v) is 6.32. The number of rotatable bonds is 7. The van der Waals surface area contributed by atoms with E-state index in [2.05, 4.69) is 32.7 Å².